The largest absolute Gasteiger partial charge is 0.481 e. The molecule has 2 N–H and O–H groups in total. The third kappa shape index (κ3) is 24.0. The average molecular weight is 510 g/mol. The van der Waals surface area contributed by atoms with Crippen LogP contribution < -0.4 is 0 Å². The maximum atomic E-state index is 11.8. The molecule has 0 rings (SSSR count). The van der Waals surface area contributed by atoms with Gasteiger partial charge in [0.25, 0.3) is 0 Å². The minimum atomic E-state index is -0.746. The molecule has 0 aromatic carbocycles. The maximum absolute atomic E-state index is 11.8. The molecule has 0 aliphatic carbocycles. The summed E-state index contributed by atoms with van der Waals surface area (Å²) in [5, 5.41) is 17.9. The predicted molar refractivity (Wildman–Crippen MR) is 134 cm³/mol. The molecule has 0 heterocycles. The van der Waals surface area contributed by atoms with Crippen LogP contribution in [0.15, 0.2) is 0 Å². The van der Waals surface area contributed by atoms with Crippen molar-refractivity contribution in [3.8, 4) is 0 Å². The Labute approximate surface area is 206 Å². The number of carboxylic acid groups (broad SMARTS) is 1. The van der Waals surface area contributed by atoms with Crippen LogP contribution in [-0.2, 0) is 23.9 Å². The number of carbonyl (C=O) groups is 3. The van der Waals surface area contributed by atoms with Gasteiger partial charge in [-0.1, -0.05) is 47.8 Å². The normalized spacial score (nSPS) is 11.0. The number of rotatable bonds is 24. The Morgan fingerprint density at radius 1 is 0.727 bits per heavy atom. The Balaban J connectivity index is 3.54. The monoisotopic (exact) mass is 509 g/mol. The summed E-state index contributed by atoms with van der Waals surface area (Å²) < 4.78 is 10.3. The molecule has 0 aliphatic rings. The third-order valence-corrected chi connectivity index (χ3v) is 7.15. The van der Waals surface area contributed by atoms with E-state index in [0.717, 1.165) is 58.0 Å². The summed E-state index contributed by atoms with van der Waals surface area (Å²) in [6.45, 7) is 5.47. The van der Waals surface area contributed by atoms with Crippen LogP contribution in [0.4, 0.5) is 0 Å². The fourth-order valence-electron chi connectivity index (χ4n) is 2.97. The van der Waals surface area contributed by atoms with Crippen molar-refractivity contribution >= 4 is 39.5 Å². The van der Waals surface area contributed by atoms with Gasteiger partial charge < -0.3 is 24.6 Å². The van der Waals surface area contributed by atoms with Crippen molar-refractivity contribution in [3.63, 3.8) is 0 Å². The lowest BCUT2D eigenvalue weighted by atomic mass is 10.1. The second-order valence-corrected chi connectivity index (χ2v) is 10.5. The molecule has 8 nitrogen and oxygen atoms in total. The van der Waals surface area contributed by atoms with Gasteiger partial charge in [-0.15, -0.1) is 0 Å². The van der Waals surface area contributed by atoms with E-state index >= 15 is 0 Å². The zero-order chi connectivity index (χ0) is 24.6. The molecule has 10 heteroatoms. The second kappa shape index (κ2) is 24.2. The van der Waals surface area contributed by atoms with Crippen LogP contribution in [0, 0.1) is 0 Å². The highest BCUT2D eigenvalue weighted by atomic mass is 33.1. The molecule has 33 heavy (non-hydrogen) atoms. The lowest BCUT2D eigenvalue weighted by molar-refractivity contribution is -0.144. The summed E-state index contributed by atoms with van der Waals surface area (Å²) in [4.78, 5) is 35.9. The summed E-state index contributed by atoms with van der Waals surface area (Å²) >= 11 is 0. The summed E-state index contributed by atoms with van der Waals surface area (Å²) in [5.41, 5.74) is 0. The summed E-state index contributed by atoms with van der Waals surface area (Å²) in [6.07, 6.45) is 8.30. The molecule has 0 aromatic rings. The molecular weight excluding hydrogens is 466 g/mol. The van der Waals surface area contributed by atoms with Crippen LogP contribution >= 0.6 is 21.6 Å². The molecule has 0 fully saturated rings. The number of aliphatic carboxylic acids is 1. The molecule has 0 spiro atoms. The van der Waals surface area contributed by atoms with E-state index in [2.05, 4.69) is 4.90 Å². The zero-order valence-electron chi connectivity index (χ0n) is 20.1. The van der Waals surface area contributed by atoms with Gasteiger partial charge in [-0.25, -0.2) is 0 Å². The average Bonchev–Trinajstić information content (AvgIpc) is 2.78. The molecule has 0 aromatic heterocycles. The number of esters is 2. The van der Waals surface area contributed by atoms with E-state index in [1.807, 2.05) is 6.92 Å². The number of carbonyl (C=O) groups excluding carboxylic acids is 2. The van der Waals surface area contributed by atoms with E-state index in [-0.39, 0.29) is 25.0 Å². The van der Waals surface area contributed by atoms with Gasteiger partial charge in [-0.2, -0.15) is 0 Å². The van der Waals surface area contributed by atoms with Gasteiger partial charge in [0.2, 0.25) is 0 Å². The highest BCUT2D eigenvalue weighted by Gasteiger charge is 2.07. The number of nitrogens with zero attached hydrogens (tertiary/aromatic N) is 1. The van der Waals surface area contributed by atoms with Gasteiger partial charge in [0.15, 0.2) is 0 Å². The standard InChI is InChI=1S/C23H43NO7S2/c1-2-17-30-22(28)11-19-32-33-20-12-23(29)31-18-9-4-3-7-13-24(15-16-25)14-8-5-6-10-21(26)27/h25H,2-20H2,1H3,(H,26,27). The molecule has 0 bridgehead atoms. The molecule has 194 valence electrons. The lowest BCUT2D eigenvalue weighted by Crippen LogP contribution is -2.29. The second-order valence-electron chi connectivity index (χ2n) is 7.77. The fourth-order valence-corrected chi connectivity index (χ4v) is 4.91. The van der Waals surface area contributed by atoms with E-state index in [4.69, 9.17) is 14.6 Å². The topological polar surface area (TPSA) is 113 Å². The van der Waals surface area contributed by atoms with Gasteiger partial charge in [0.1, 0.15) is 0 Å². The molecule has 0 saturated heterocycles. The minimum absolute atomic E-state index is 0.132. The van der Waals surface area contributed by atoms with Gasteiger partial charge >= 0.3 is 17.9 Å². The number of carboxylic acids is 1. The van der Waals surface area contributed by atoms with Crippen molar-refractivity contribution < 1.29 is 34.1 Å². The van der Waals surface area contributed by atoms with Crippen LogP contribution in [0.3, 0.4) is 0 Å². The predicted octanol–water partition coefficient (Wildman–Crippen LogP) is 4.14. The number of hydrogen-bond donors (Lipinski definition) is 2. The van der Waals surface area contributed by atoms with E-state index in [0.29, 0.717) is 50.5 Å². The van der Waals surface area contributed by atoms with Crippen molar-refractivity contribution in [2.75, 3.05) is 51.0 Å². The Bertz CT molecular complexity index is 509. The summed E-state index contributed by atoms with van der Waals surface area (Å²) in [5.74, 6) is 0.262. The molecule has 0 atom stereocenters. The highest BCUT2D eigenvalue weighted by Crippen LogP contribution is 2.23. The van der Waals surface area contributed by atoms with E-state index in [1.165, 1.54) is 0 Å². The Kier molecular flexibility index (Phi) is 23.5. The van der Waals surface area contributed by atoms with Crippen molar-refractivity contribution in [1.29, 1.82) is 0 Å². The quantitative estimate of drug-likeness (QED) is 0.112. The molecule has 0 unspecified atom stereocenters. The summed E-state index contributed by atoms with van der Waals surface area (Å²) in [7, 11) is 3.15. The van der Waals surface area contributed by atoms with E-state index < -0.39 is 5.97 Å². The van der Waals surface area contributed by atoms with Crippen LogP contribution in [0.5, 0.6) is 0 Å². The minimum Gasteiger partial charge on any atom is -0.481 e. The van der Waals surface area contributed by atoms with Crippen molar-refractivity contribution in [1.82, 2.24) is 4.90 Å². The van der Waals surface area contributed by atoms with Gasteiger partial charge in [0, 0.05) is 24.5 Å². The summed E-state index contributed by atoms with van der Waals surface area (Å²) in [6, 6.07) is 0. The molecular formula is C23H43NO7S2. The number of aliphatic hydroxyl groups excluding tert-OH is 1. The van der Waals surface area contributed by atoms with Gasteiger partial charge in [-0.3, -0.25) is 14.4 Å². The van der Waals surface area contributed by atoms with Crippen LogP contribution in [-0.4, -0.2) is 84.0 Å². The van der Waals surface area contributed by atoms with Gasteiger partial charge in [0.05, 0.1) is 32.7 Å². The van der Waals surface area contributed by atoms with Gasteiger partial charge in [-0.05, 0) is 45.2 Å². The van der Waals surface area contributed by atoms with Crippen LogP contribution in [0.2, 0.25) is 0 Å². The first-order valence-electron chi connectivity index (χ1n) is 12.1. The molecule has 0 radical (unpaired) electrons. The highest BCUT2D eigenvalue weighted by molar-refractivity contribution is 8.76. The Morgan fingerprint density at radius 3 is 1.82 bits per heavy atom. The van der Waals surface area contributed by atoms with E-state index in [9.17, 15) is 19.5 Å². The first-order valence-corrected chi connectivity index (χ1v) is 14.6. The van der Waals surface area contributed by atoms with E-state index in [1.54, 1.807) is 21.6 Å². The third-order valence-electron chi connectivity index (χ3n) is 4.74. The number of unbranched alkanes of at least 4 members (excludes halogenated alkanes) is 5. The van der Waals surface area contributed by atoms with Crippen LogP contribution in [0.1, 0.15) is 77.6 Å². The molecule has 0 amide bonds. The number of ether oxygens (including phenoxy) is 2. The number of hydrogen-bond acceptors (Lipinski definition) is 9. The Hall–Kier alpha value is -0.970. The first-order chi connectivity index (χ1) is 16.0. The maximum Gasteiger partial charge on any atom is 0.306 e. The first kappa shape index (κ1) is 32.0. The van der Waals surface area contributed by atoms with Crippen molar-refractivity contribution in [2.24, 2.45) is 0 Å². The molecule has 0 saturated carbocycles. The Morgan fingerprint density at radius 2 is 1.27 bits per heavy atom. The number of aliphatic hydroxyl groups is 1. The molecule has 0 aliphatic heterocycles. The lowest BCUT2D eigenvalue weighted by Gasteiger charge is -2.21. The van der Waals surface area contributed by atoms with Crippen LogP contribution in [0.25, 0.3) is 0 Å². The fraction of sp³-hybridized carbons (Fsp3) is 0.870. The van der Waals surface area contributed by atoms with Crippen molar-refractivity contribution in [3.05, 3.63) is 0 Å². The smallest absolute Gasteiger partial charge is 0.306 e. The van der Waals surface area contributed by atoms with Crippen molar-refractivity contribution in [2.45, 2.75) is 77.6 Å². The zero-order valence-corrected chi connectivity index (χ0v) is 21.8. The SMILES string of the molecule is CCCOC(=O)CCSSCCC(=O)OCCCCCCN(CCO)CCCCCC(=O)O.